The van der Waals surface area contributed by atoms with Crippen LogP contribution in [0.15, 0.2) is 54.7 Å². The van der Waals surface area contributed by atoms with Crippen LogP contribution in [-0.4, -0.2) is 22.6 Å². The van der Waals surface area contributed by atoms with Gasteiger partial charge < -0.3 is 9.72 Å². The van der Waals surface area contributed by atoms with Gasteiger partial charge in [0.05, 0.1) is 0 Å². The van der Waals surface area contributed by atoms with Crippen LogP contribution in [-0.2, 0) is 6.61 Å². The summed E-state index contributed by atoms with van der Waals surface area (Å²) in [7, 11) is 0. The average molecular weight is 426 g/mol. The standard InChI is InChI=1S/C22H20ClN3O4/c1-13-9-18(7-8-19(13)23)30-12-15-3-5-16(6-4-15)21(28)25-26-22(29)20-10-17(11-24-20)14(2)27/h3-11,24H,12H2,1-2H3,(H,25,28)(H,26,29). The largest absolute Gasteiger partial charge is 0.489 e. The molecule has 3 N–H and O–H groups in total. The molecule has 0 aliphatic rings. The molecular weight excluding hydrogens is 406 g/mol. The minimum Gasteiger partial charge on any atom is -0.489 e. The topological polar surface area (TPSA) is 100 Å². The Morgan fingerprint density at radius 3 is 2.30 bits per heavy atom. The van der Waals surface area contributed by atoms with E-state index < -0.39 is 11.8 Å². The van der Waals surface area contributed by atoms with Gasteiger partial charge in [-0.1, -0.05) is 23.7 Å². The van der Waals surface area contributed by atoms with Crippen LogP contribution < -0.4 is 15.6 Å². The highest BCUT2D eigenvalue weighted by atomic mass is 35.5. The Morgan fingerprint density at radius 2 is 1.67 bits per heavy atom. The lowest BCUT2D eigenvalue weighted by Gasteiger charge is -2.09. The van der Waals surface area contributed by atoms with Crippen LogP contribution in [0.1, 0.15) is 49.3 Å². The first kappa shape index (κ1) is 21.1. The summed E-state index contributed by atoms with van der Waals surface area (Å²) >= 11 is 6.00. The molecule has 3 rings (SSSR count). The number of hydrogen-bond donors (Lipinski definition) is 3. The van der Waals surface area contributed by atoms with E-state index >= 15 is 0 Å². The highest BCUT2D eigenvalue weighted by molar-refractivity contribution is 6.31. The number of Topliss-reactive ketones (excluding diaryl/α,β-unsaturated/α-hetero) is 1. The molecule has 0 aliphatic heterocycles. The van der Waals surface area contributed by atoms with Crippen molar-refractivity contribution in [3.05, 3.63) is 87.7 Å². The lowest BCUT2D eigenvalue weighted by atomic mass is 10.1. The van der Waals surface area contributed by atoms with Crippen molar-refractivity contribution in [2.45, 2.75) is 20.5 Å². The van der Waals surface area contributed by atoms with Crippen molar-refractivity contribution in [2.75, 3.05) is 0 Å². The van der Waals surface area contributed by atoms with Crippen molar-refractivity contribution in [1.82, 2.24) is 15.8 Å². The molecule has 0 aliphatic carbocycles. The molecule has 3 aromatic rings. The van der Waals surface area contributed by atoms with Gasteiger partial charge in [0.25, 0.3) is 11.8 Å². The molecule has 0 saturated carbocycles. The number of carbonyl (C=O) groups excluding carboxylic acids is 3. The number of amides is 2. The maximum Gasteiger partial charge on any atom is 0.286 e. The molecule has 0 unspecified atom stereocenters. The fraction of sp³-hybridized carbons (Fsp3) is 0.136. The predicted molar refractivity (Wildman–Crippen MR) is 113 cm³/mol. The number of carbonyl (C=O) groups is 3. The molecule has 0 fully saturated rings. The molecule has 0 atom stereocenters. The van der Waals surface area contributed by atoms with Crippen LogP contribution in [0.2, 0.25) is 5.02 Å². The Balaban J connectivity index is 1.52. The molecule has 0 saturated heterocycles. The van der Waals surface area contributed by atoms with Gasteiger partial charge in [-0.25, -0.2) is 0 Å². The van der Waals surface area contributed by atoms with Crippen molar-refractivity contribution < 1.29 is 19.1 Å². The minimum absolute atomic E-state index is 0.162. The fourth-order valence-corrected chi connectivity index (χ4v) is 2.73. The van der Waals surface area contributed by atoms with E-state index in [-0.39, 0.29) is 11.5 Å². The number of benzene rings is 2. The molecular formula is C22H20ClN3O4. The van der Waals surface area contributed by atoms with E-state index in [9.17, 15) is 14.4 Å². The molecule has 154 valence electrons. The van der Waals surface area contributed by atoms with Crippen molar-refractivity contribution in [2.24, 2.45) is 0 Å². The van der Waals surface area contributed by atoms with E-state index in [4.69, 9.17) is 16.3 Å². The van der Waals surface area contributed by atoms with Gasteiger partial charge in [-0.3, -0.25) is 25.2 Å². The number of halogens is 1. The number of nitrogens with one attached hydrogen (secondary N) is 3. The fourth-order valence-electron chi connectivity index (χ4n) is 2.61. The molecule has 0 bridgehead atoms. The Labute approximate surface area is 178 Å². The molecule has 7 nitrogen and oxygen atoms in total. The Hall–Kier alpha value is -3.58. The monoisotopic (exact) mass is 425 g/mol. The van der Waals surface area contributed by atoms with Gasteiger partial charge in [-0.15, -0.1) is 0 Å². The first-order valence-corrected chi connectivity index (χ1v) is 9.49. The zero-order valence-corrected chi connectivity index (χ0v) is 17.2. The van der Waals surface area contributed by atoms with Crippen LogP contribution in [0.4, 0.5) is 0 Å². The van der Waals surface area contributed by atoms with E-state index in [1.165, 1.54) is 19.2 Å². The summed E-state index contributed by atoms with van der Waals surface area (Å²) in [5, 5.41) is 0.681. The number of rotatable bonds is 6. The lowest BCUT2D eigenvalue weighted by Crippen LogP contribution is -2.41. The minimum atomic E-state index is -0.556. The number of H-pyrrole nitrogens is 1. The molecule has 2 aromatic carbocycles. The SMILES string of the molecule is CC(=O)c1c[nH]c(C(=O)NNC(=O)c2ccc(COc3ccc(Cl)c(C)c3)cc2)c1. The Morgan fingerprint density at radius 1 is 0.967 bits per heavy atom. The van der Waals surface area contributed by atoms with E-state index in [1.54, 1.807) is 36.4 Å². The number of aromatic nitrogens is 1. The summed E-state index contributed by atoms with van der Waals surface area (Å²) in [5.74, 6) is -0.482. The van der Waals surface area contributed by atoms with Crippen LogP contribution in [0.25, 0.3) is 0 Å². The second-order valence-electron chi connectivity index (χ2n) is 6.66. The zero-order valence-electron chi connectivity index (χ0n) is 16.4. The number of aryl methyl sites for hydroxylation is 1. The van der Waals surface area contributed by atoms with Gasteiger partial charge >= 0.3 is 0 Å². The predicted octanol–water partition coefficient (Wildman–Crippen LogP) is 3.83. The summed E-state index contributed by atoms with van der Waals surface area (Å²) in [5.41, 5.74) is 7.38. The molecule has 0 spiro atoms. The second-order valence-corrected chi connectivity index (χ2v) is 7.07. The first-order chi connectivity index (χ1) is 14.3. The van der Waals surface area contributed by atoms with Crippen molar-refractivity contribution in [3.8, 4) is 5.75 Å². The van der Waals surface area contributed by atoms with Crippen LogP contribution in [0.5, 0.6) is 5.75 Å². The summed E-state index contributed by atoms with van der Waals surface area (Å²) in [6.45, 7) is 3.64. The summed E-state index contributed by atoms with van der Waals surface area (Å²) in [4.78, 5) is 38.2. The normalized spacial score (nSPS) is 10.4. The van der Waals surface area contributed by atoms with Gasteiger partial charge in [0.2, 0.25) is 0 Å². The van der Waals surface area contributed by atoms with E-state index in [2.05, 4.69) is 15.8 Å². The number of hydrogen-bond acceptors (Lipinski definition) is 4. The maximum absolute atomic E-state index is 12.2. The molecule has 8 heteroatoms. The van der Waals surface area contributed by atoms with Gasteiger partial charge in [-0.05, 0) is 61.4 Å². The third kappa shape index (κ3) is 5.27. The third-order valence-corrected chi connectivity index (χ3v) is 4.80. The first-order valence-electron chi connectivity index (χ1n) is 9.11. The Kier molecular flexibility index (Phi) is 6.54. The number of ketones is 1. The number of aromatic amines is 1. The molecule has 0 radical (unpaired) electrons. The zero-order chi connectivity index (χ0) is 21.7. The third-order valence-electron chi connectivity index (χ3n) is 4.37. The second kappa shape index (κ2) is 9.28. The lowest BCUT2D eigenvalue weighted by molar-refractivity contribution is 0.0844. The number of hydrazine groups is 1. The highest BCUT2D eigenvalue weighted by Gasteiger charge is 2.12. The highest BCUT2D eigenvalue weighted by Crippen LogP contribution is 2.21. The van der Waals surface area contributed by atoms with E-state index in [0.29, 0.717) is 28.5 Å². The van der Waals surface area contributed by atoms with Crippen molar-refractivity contribution in [3.63, 3.8) is 0 Å². The summed E-state index contributed by atoms with van der Waals surface area (Å²) in [6.07, 6.45) is 1.44. The molecule has 30 heavy (non-hydrogen) atoms. The average Bonchev–Trinajstić information content (AvgIpc) is 3.24. The molecule has 1 aromatic heterocycles. The summed E-state index contributed by atoms with van der Waals surface area (Å²) in [6, 6.07) is 13.7. The quantitative estimate of drug-likeness (QED) is 0.412. The molecule has 2 amide bonds. The van der Waals surface area contributed by atoms with Gasteiger partial charge in [-0.2, -0.15) is 0 Å². The van der Waals surface area contributed by atoms with Gasteiger partial charge in [0.1, 0.15) is 18.1 Å². The van der Waals surface area contributed by atoms with Crippen LogP contribution >= 0.6 is 11.6 Å². The van der Waals surface area contributed by atoms with E-state index in [0.717, 1.165) is 11.1 Å². The van der Waals surface area contributed by atoms with Crippen molar-refractivity contribution >= 4 is 29.2 Å². The van der Waals surface area contributed by atoms with E-state index in [1.807, 2.05) is 13.0 Å². The van der Waals surface area contributed by atoms with Crippen LogP contribution in [0, 0.1) is 6.92 Å². The van der Waals surface area contributed by atoms with Crippen LogP contribution in [0.3, 0.4) is 0 Å². The van der Waals surface area contributed by atoms with Gasteiger partial charge in [0, 0.05) is 22.3 Å². The van der Waals surface area contributed by atoms with Gasteiger partial charge in [0.15, 0.2) is 5.78 Å². The number of ether oxygens (including phenoxy) is 1. The summed E-state index contributed by atoms with van der Waals surface area (Å²) < 4.78 is 5.73. The van der Waals surface area contributed by atoms with Crippen molar-refractivity contribution in [1.29, 1.82) is 0 Å². The Bertz CT molecular complexity index is 1090. The molecule has 1 heterocycles. The smallest absolute Gasteiger partial charge is 0.286 e. The maximum atomic E-state index is 12.2.